The minimum Gasteiger partial charge on any atom is -0.508 e. The molecule has 0 aromatic heterocycles. The van der Waals surface area contributed by atoms with Crippen LogP contribution in [-0.4, -0.2) is 23.0 Å². The topological polar surface area (TPSA) is 66.6 Å². The van der Waals surface area contributed by atoms with Crippen LogP contribution in [0.15, 0.2) is 48.5 Å². The van der Waals surface area contributed by atoms with Crippen molar-refractivity contribution in [2.24, 2.45) is 5.73 Å². The molecule has 20 heavy (non-hydrogen) atoms. The average molecular weight is 270 g/mol. The number of hydrogen-bond donors (Lipinski definition) is 2. The maximum absolute atomic E-state index is 12.3. The minimum absolute atomic E-state index is 0.0863. The van der Waals surface area contributed by atoms with E-state index in [1.807, 2.05) is 24.3 Å². The molecule has 104 valence electrons. The molecule has 0 aliphatic carbocycles. The van der Waals surface area contributed by atoms with Crippen molar-refractivity contribution < 1.29 is 9.90 Å². The molecule has 0 spiro atoms. The van der Waals surface area contributed by atoms with Gasteiger partial charge in [0.25, 0.3) is 5.91 Å². The number of rotatable bonds is 4. The first-order chi connectivity index (χ1) is 9.61. The molecular weight excluding hydrogens is 252 g/mol. The summed E-state index contributed by atoms with van der Waals surface area (Å²) in [5, 5.41) is 9.24. The van der Waals surface area contributed by atoms with Crippen LogP contribution < -0.4 is 5.73 Å². The number of nitrogens with zero attached hydrogens (tertiary/aromatic N) is 1. The number of amides is 1. The van der Waals surface area contributed by atoms with Crippen LogP contribution in [0, 0.1) is 0 Å². The molecule has 0 atom stereocenters. The Balaban J connectivity index is 2.13. The average Bonchev–Trinajstić information content (AvgIpc) is 2.48. The highest BCUT2D eigenvalue weighted by atomic mass is 16.3. The summed E-state index contributed by atoms with van der Waals surface area (Å²) in [7, 11) is 1.75. The summed E-state index contributed by atoms with van der Waals surface area (Å²) in [4.78, 5) is 13.9. The second-order valence-electron chi connectivity index (χ2n) is 4.68. The zero-order valence-corrected chi connectivity index (χ0v) is 11.4. The Morgan fingerprint density at radius 3 is 2.30 bits per heavy atom. The molecule has 4 nitrogen and oxygen atoms in total. The number of phenolic OH excluding ortho intramolecular Hbond substituents is 1. The fraction of sp³-hybridized carbons (Fsp3) is 0.188. The van der Waals surface area contributed by atoms with Crippen LogP contribution >= 0.6 is 0 Å². The second kappa shape index (κ2) is 6.21. The lowest BCUT2D eigenvalue weighted by Gasteiger charge is -2.19. The van der Waals surface area contributed by atoms with Gasteiger partial charge in [0.05, 0.1) is 0 Å². The first-order valence-electron chi connectivity index (χ1n) is 6.43. The third kappa shape index (κ3) is 3.16. The van der Waals surface area contributed by atoms with Gasteiger partial charge in [0, 0.05) is 25.7 Å². The number of aromatic hydroxyl groups is 1. The zero-order chi connectivity index (χ0) is 14.5. The maximum Gasteiger partial charge on any atom is 0.253 e. The summed E-state index contributed by atoms with van der Waals surface area (Å²) in [5.74, 6) is 0.0644. The predicted octanol–water partition coefficient (Wildman–Crippen LogP) is 2.12. The van der Waals surface area contributed by atoms with E-state index >= 15 is 0 Å². The Kier molecular flexibility index (Phi) is 4.38. The molecule has 2 rings (SSSR count). The molecule has 0 unspecified atom stereocenters. The van der Waals surface area contributed by atoms with Crippen LogP contribution in [0.4, 0.5) is 0 Å². The largest absolute Gasteiger partial charge is 0.508 e. The van der Waals surface area contributed by atoms with E-state index in [-0.39, 0.29) is 11.7 Å². The van der Waals surface area contributed by atoms with Crippen molar-refractivity contribution in [3.63, 3.8) is 0 Å². The minimum atomic E-state index is -0.0863. The van der Waals surface area contributed by atoms with Gasteiger partial charge in [0.1, 0.15) is 5.75 Å². The summed E-state index contributed by atoms with van der Waals surface area (Å²) in [6.45, 7) is 0.963. The summed E-state index contributed by atoms with van der Waals surface area (Å²) >= 11 is 0. The van der Waals surface area contributed by atoms with Gasteiger partial charge in [0.15, 0.2) is 0 Å². The molecule has 0 aliphatic heterocycles. The van der Waals surface area contributed by atoms with Crippen LogP contribution in [0.1, 0.15) is 21.5 Å². The third-order valence-electron chi connectivity index (χ3n) is 3.21. The van der Waals surface area contributed by atoms with Crippen molar-refractivity contribution in [3.05, 3.63) is 65.2 Å². The second-order valence-corrected chi connectivity index (χ2v) is 4.68. The standard InChI is InChI=1S/C16H18N2O2/c1-18(11-14-5-3-2-4-13(14)10-17)16(20)12-6-8-15(19)9-7-12/h2-9,19H,10-11,17H2,1H3. The Morgan fingerprint density at radius 1 is 1.10 bits per heavy atom. The SMILES string of the molecule is CN(Cc1ccccc1CN)C(=O)c1ccc(O)cc1. The summed E-state index contributed by atoms with van der Waals surface area (Å²) < 4.78 is 0. The maximum atomic E-state index is 12.3. The quantitative estimate of drug-likeness (QED) is 0.894. The van der Waals surface area contributed by atoms with Gasteiger partial charge in [-0.2, -0.15) is 0 Å². The smallest absolute Gasteiger partial charge is 0.253 e. The highest BCUT2D eigenvalue weighted by Crippen LogP contribution is 2.14. The van der Waals surface area contributed by atoms with Gasteiger partial charge < -0.3 is 15.7 Å². The lowest BCUT2D eigenvalue weighted by Crippen LogP contribution is -2.26. The Morgan fingerprint density at radius 2 is 1.70 bits per heavy atom. The van der Waals surface area contributed by atoms with Crippen molar-refractivity contribution in [2.45, 2.75) is 13.1 Å². The van der Waals surface area contributed by atoms with Crippen LogP contribution in [0.5, 0.6) is 5.75 Å². The van der Waals surface area contributed by atoms with Crippen molar-refractivity contribution in [1.82, 2.24) is 4.90 Å². The van der Waals surface area contributed by atoms with Crippen molar-refractivity contribution in [1.29, 1.82) is 0 Å². The van der Waals surface area contributed by atoms with Gasteiger partial charge in [-0.25, -0.2) is 0 Å². The zero-order valence-electron chi connectivity index (χ0n) is 11.4. The van der Waals surface area contributed by atoms with Gasteiger partial charge in [-0.15, -0.1) is 0 Å². The first kappa shape index (κ1) is 14.1. The van der Waals surface area contributed by atoms with E-state index in [1.54, 1.807) is 24.1 Å². The number of phenols is 1. The number of nitrogens with two attached hydrogens (primary N) is 1. The van der Waals surface area contributed by atoms with E-state index in [2.05, 4.69) is 0 Å². The molecule has 1 amide bonds. The number of benzene rings is 2. The van der Waals surface area contributed by atoms with Gasteiger partial charge in [-0.3, -0.25) is 4.79 Å². The van der Waals surface area contributed by atoms with E-state index in [0.29, 0.717) is 18.7 Å². The molecule has 2 aromatic carbocycles. The Bertz CT molecular complexity index is 594. The lowest BCUT2D eigenvalue weighted by atomic mass is 10.1. The van der Waals surface area contributed by atoms with Gasteiger partial charge in [0.2, 0.25) is 0 Å². The molecule has 0 aliphatic rings. The number of carbonyl (C=O) groups excluding carboxylic acids is 1. The number of carbonyl (C=O) groups is 1. The molecule has 2 aromatic rings. The van der Waals surface area contributed by atoms with E-state index in [1.165, 1.54) is 12.1 Å². The monoisotopic (exact) mass is 270 g/mol. The van der Waals surface area contributed by atoms with Crippen LogP contribution in [0.25, 0.3) is 0 Å². The van der Waals surface area contributed by atoms with Crippen molar-refractivity contribution in [3.8, 4) is 5.75 Å². The van der Waals surface area contributed by atoms with Crippen LogP contribution in [-0.2, 0) is 13.1 Å². The first-order valence-corrected chi connectivity index (χ1v) is 6.43. The Labute approximate surface area is 118 Å². The third-order valence-corrected chi connectivity index (χ3v) is 3.21. The molecule has 0 saturated heterocycles. The molecule has 4 heteroatoms. The van der Waals surface area contributed by atoms with Gasteiger partial charge >= 0.3 is 0 Å². The molecule has 3 N–H and O–H groups in total. The lowest BCUT2D eigenvalue weighted by molar-refractivity contribution is 0.0785. The molecule has 0 heterocycles. The van der Waals surface area contributed by atoms with E-state index in [0.717, 1.165) is 11.1 Å². The normalized spacial score (nSPS) is 10.3. The van der Waals surface area contributed by atoms with Gasteiger partial charge in [-0.1, -0.05) is 24.3 Å². The summed E-state index contributed by atoms with van der Waals surface area (Å²) in [6, 6.07) is 14.1. The highest BCUT2D eigenvalue weighted by Gasteiger charge is 2.13. The van der Waals surface area contributed by atoms with Crippen molar-refractivity contribution in [2.75, 3.05) is 7.05 Å². The summed E-state index contributed by atoms with van der Waals surface area (Å²) in [5.41, 5.74) is 8.34. The molecule has 0 bridgehead atoms. The Hall–Kier alpha value is -2.33. The predicted molar refractivity (Wildman–Crippen MR) is 78.2 cm³/mol. The van der Waals surface area contributed by atoms with Crippen LogP contribution in [0.3, 0.4) is 0 Å². The molecule has 0 radical (unpaired) electrons. The molecule has 0 fully saturated rings. The van der Waals surface area contributed by atoms with E-state index in [9.17, 15) is 9.90 Å². The van der Waals surface area contributed by atoms with E-state index < -0.39 is 0 Å². The van der Waals surface area contributed by atoms with Gasteiger partial charge in [-0.05, 0) is 35.4 Å². The van der Waals surface area contributed by atoms with Crippen molar-refractivity contribution >= 4 is 5.91 Å². The highest BCUT2D eigenvalue weighted by molar-refractivity contribution is 5.94. The fourth-order valence-corrected chi connectivity index (χ4v) is 2.06. The van der Waals surface area contributed by atoms with E-state index in [4.69, 9.17) is 5.73 Å². The summed E-state index contributed by atoms with van der Waals surface area (Å²) in [6.07, 6.45) is 0. The molecular formula is C16H18N2O2. The fourth-order valence-electron chi connectivity index (χ4n) is 2.06. The number of hydrogen-bond acceptors (Lipinski definition) is 3. The molecule has 0 saturated carbocycles. The van der Waals surface area contributed by atoms with Crippen LogP contribution in [0.2, 0.25) is 0 Å².